The van der Waals surface area contributed by atoms with Crippen LogP contribution in [0.4, 0.5) is 10.2 Å². The first-order valence-electron chi connectivity index (χ1n) is 10.8. The van der Waals surface area contributed by atoms with Gasteiger partial charge in [-0.05, 0) is 43.5 Å². The monoisotopic (exact) mass is 420 g/mol. The molecule has 3 aromatic rings. The fourth-order valence-electron chi connectivity index (χ4n) is 4.10. The summed E-state index contributed by atoms with van der Waals surface area (Å²) in [6.07, 6.45) is 4.21. The first kappa shape index (κ1) is 19.7. The van der Waals surface area contributed by atoms with Gasteiger partial charge in [0.15, 0.2) is 5.76 Å². The van der Waals surface area contributed by atoms with E-state index in [9.17, 15) is 9.18 Å². The Morgan fingerprint density at radius 3 is 2.55 bits per heavy atom. The molecule has 0 radical (unpaired) electrons. The van der Waals surface area contributed by atoms with Crippen LogP contribution in [0.15, 0.2) is 47.1 Å². The van der Waals surface area contributed by atoms with Crippen molar-refractivity contribution in [2.45, 2.75) is 32.1 Å². The number of piperazine rings is 1. The highest BCUT2D eigenvalue weighted by atomic mass is 19.1. The van der Waals surface area contributed by atoms with E-state index in [4.69, 9.17) is 14.4 Å². The second-order valence-corrected chi connectivity index (χ2v) is 8.27. The fourth-order valence-corrected chi connectivity index (χ4v) is 4.10. The van der Waals surface area contributed by atoms with Gasteiger partial charge in [0.05, 0.1) is 6.26 Å². The maximum Gasteiger partial charge on any atom is 0.289 e. The lowest BCUT2D eigenvalue weighted by molar-refractivity contribution is 0.0714. The number of nitrogens with zero attached hydrogens (tertiary/aromatic N) is 4. The lowest BCUT2D eigenvalue weighted by Crippen LogP contribution is -2.49. The molecule has 0 atom stereocenters. The number of benzene rings is 1. The maximum absolute atomic E-state index is 14.4. The number of carbonyl (C=O) groups is 1. The highest BCUT2D eigenvalue weighted by Gasteiger charge is 2.31. The van der Waals surface area contributed by atoms with E-state index in [1.54, 1.807) is 18.2 Å². The molecule has 1 saturated carbocycles. The van der Waals surface area contributed by atoms with E-state index < -0.39 is 0 Å². The van der Waals surface area contributed by atoms with Gasteiger partial charge in [0.2, 0.25) is 0 Å². The van der Waals surface area contributed by atoms with Gasteiger partial charge in [-0.3, -0.25) is 4.79 Å². The van der Waals surface area contributed by atoms with Gasteiger partial charge in [-0.2, -0.15) is 0 Å². The smallest absolute Gasteiger partial charge is 0.289 e. The largest absolute Gasteiger partial charge is 0.459 e. The van der Waals surface area contributed by atoms with E-state index in [0.717, 1.165) is 35.7 Å². The van der Waals surface area contributed by atoms with Gasteiger partial charge < -0.3 is 14.2 Å². The molecule has 2 aliphatic rings. The van der Waals surface area contributed by atoms with Crippen LogP contribution in [0.5, 0.6) is 0 Å². The SMILES string of the molecule is Cc1nc(C2CC2)nc(N2CCN(C(=O)c3ccco3)CC2)c1Cc1ccccc1F. The molecule has 0 N–H and O–H groups in total. The summed E-state index contributed by atoms with van der Waals surface area (Å²) < 4.78 is 19.6. The van der Waals surface area contributed by atoms with Crippen molar-refractivity contribution in [3.63, 3.8) is 0 Å². The zero-order valence-corrected chi connectivity index (χ0v) is 17.6. The number of hydrogen-bond donors (Lipinski definition) is 0. The average molecular weight is 420 g/mol. The standard InChI is InChI=1S/C24H25FN4O2/c1-16-19(15-18-5-2-3-6-20(18)25)23(27-22(26-16)17-8-9-17)28-10-12-29(13-11-28)24(30)21-7-4-14-31-21/h2-7,14,17H,8-13,15H2,1H3. The number of aromatic nitrogens is 2. The van der Waals surface area contributed by atoms with Gasteiger partial charge in [0, 0.05) is 49.8 Å². The highest BCUT2D eigenvalue weighted by molar-refractivity contribution is 5.91. The van der Waals surface area contributed by atoms with Crippen molar-refractivity contribution >= 4 is 11.7 Å². The molecule has 1 aliphatic carbocycles. The minimum Gasteiger partial charge on any atom is -0.459 e. The Balaban J connectivity index is 1.41. The van der Waals surface area contributed by atoms with Crippen LogP contribution in [0.2, 0.25) is 0 Å². The van der Waals surface area contributed by atoms with Crippen molar-refractivity contribution in [3.8, 4) is 0 Å². The molecule has 0 spiro atoms. The lowest BCUT2D eigenvalue weighted by Gasteiger charge is -2.36. The van der Waals surface area contributed by atoms with Gasteiger partial charge in [0.1, 0.15) is 17.5 Å². The number of furan rings is 1. The Morgan fingerprint density at radius 1 is 1.10 bits per heavy atom. The van der Waals surface area contributed by atoms with Crippen molar-refractivity contribution in [3.05, 3.63) is 76.9 Å². The summed E-state index contributed by atoms with van der Waals surface area (Å²) in [5.41, 5.74) is 2.51. The van der Waals surface area contributed by atoms with Crippen LogP contribution in [0.3, 0.4) is 0 Å². The number of rotatable bonds is 5. The molecule has 1 aliphatic heterocycles. The third-order valence-electron chi connectivity index (χ3n) is 6.08. The summed E-state index contributed by atoms with van der Waals surface area (Å²) in [6.45, 7) is 4.49. The van der Waals surface area contributed by atoms with Gasteiger partial charge >= 0.3 is 0 Å². The molecule has 7 heteroatoms. The Hall–Kier alpha value is -3.22. The Bertz CT molecular complexity index is 1090. The van der Waals surface area contributed by atoms with Crippen molar-refractivity contribution in [2.75, 3.05) is 31.1 Å². The molecule has 1 saturated heterocycles. The maximum atomic E-state index is 14.4. The summed E-state index contributed by atoms with van der Waals surface area (Å²) in [5.74, 6) is 2.26. The minimum absolute atomic E-state index is 0.0891. The normalized spacial score (nSPS) is 16.6. The topological polar surface area (TPSA) is 62.5 Å². The molecule has 2 fully saturated rings. The van der Waals surface area contributed by atoms with Crippen molar-refractivity contribution < 1.29 is 13.6 Å². The zero-order valence-electron chi connectivity index (χ0n) is 17.6. The van der Waals surface area contributed by atoms with Gasteiger partial charge in [-0.1, -0.05) is 18.2 Å². The molecule has 1 amide bonds. The molecular weight excluding hydrogens is 395 g/mol. The molecular formula is C24H25FN4O2. The molecule has 0 unspecified atom stereocenters. The molecule has 1 aromatic carbocycles. The summed E-state index contributed by atoms with van der Waals surface area (Å²) in [7, 11) is 0. The molecule has 2 aromatic heterocycles. The second-order valence-electron chi connectivity index (χ2n) is 8.27. The van der Waals surface area contributed by atoms with E-state index >= 15 is 0 Å². The van der Waals surface area contributed by atoms with Crippen LogP contribution in [0.1, 0.15) is 52.0 Å². The van der Waals surface area contributed by atoms with Gasteiger partial charge in [-0.25, -0.2) is 14.4 Å². The van der Waals surface area contributed by atoms with E-state index in [-0.39, 0.29) is 11.7 Å². The third kappa shape index (κ3) is 4.04. The molecule has 3 heterocycles. The van der Waals surface area contributed by atoms with E-state index in [1.807, 2.05) is 24.0 Å². The summed E-state index contributed by atoms with van der Waals surface area (Å²) in [4.78, 5) is 26.3. The number of hydrogen-bond acceptors (Lipinski definition) is 5. The molecule has 0 bridgehead atoms. The van der Waals surface area contributed by atoms with Crippen LogP contribution >= 0.6 is 0 Å². The predicted octanol–water partition coefficient (Wildman–Crippen LogP) is 3.95. The molecule has 31 heavy (non-hydrogen) atoms. The fraction of sp³-hybridized carbons (Fsp3) is 0.375. The molecule has 160 valence electrons. The van der Waals surface area contributed by atoms with Gasteiger partial charge in [-0.15, -0.1) is 0 Å². The summed E-state index contributed by atoms with van der Waals surface area (Å²) in [5, 5.41) is 0. The van der Waals surface area contributed by atoms with Crippen molar-refractivity contribution in [1.82, 2.24) is 14.9 Å². The van der Waals surface area contributed by atoms with Crippen molar-refractivity contribution in [1.29, 1.82) is 0 Å². The number of carbonyl (C=O) groups excluding carboxylic acids is 1. The Labute approximate surface area is 180 Å². The first-order valence-corrected chi connectivity index (χ1v) is 10.8. The number of aryl methyl sites for hydroxylation is 1. The van der Waals surface area contributed by atoms with E-state index in [1.165, 1.54) is 12.3 Å². The Morgan fingerprint density at radius 2 is 1.87 bits per heavy atom. The van der Waals surface area contributed by atoms with Crippen LogP contribution in [0, 0.1) is 12.7 Å². The average Bonchev–Trinajstić information content (AvgIpc) is 3.50. The quantitative estimate of drug-likeness (QED) is 0.626. The number of anilines is 1. The van der Waals surface area contributed by atoms with Gasteiger partial charge in [0.25, 0.3) is 5.91 Å². The Kier molecular flexibility index (Phi) is 5.18. The zero-order chi connectivity index (χ0) is 21.4. The molecule has 6 nitrogen and oxygen atoms in total. The first-order chi connectivity index (χ1) is 15.1. The number of halogens is 1. The third-order valence-corrected chi connectivity index (χ3v) is 6.08. The van der Waals surface area contributed by atoms with Crippen LogP contribution in [-0.2, 0) is 6.42 Å². The summed E-state index contributed by atoms with van der Waals surface area (Å²) >= 11 is 0. The van der Waals surface area contributed by atoms with Crippen LogP contribution in [0.25, 0.3) is 0 Å². The van der Waals surface area contributed by atoms with Crippen LogP contribution < -0.4 is 4.90 Å². The molecule has 5 rings (SSSR count). The van der Waals surface area contributed by atoms with Crippen LogP contribution in [-0.4, -0.2) is 47.0 Å². The summed E-state index contributed by atoms with van der Waals surface area (Å²) in [6, 6.07) is 10.3. The lowest BCUT2D eigenvalue weighted by atomic mass is 10.0. The number of amides is 1. The second kappa shape index (κ2) is 8.13. The minimum atomic E-state index is -0.215. The van der Waals surface area contributed by atoms with E-state index in [2.05, 4.69) is 4.90 Å². The highest BCUT2D eigenvalue weighted by Crippen LogP contribution is 2.39. The van der Waals surface area contributed by atoms with E-state index in [0.29, 0.717) is 49.8 Å². The van der Waals surface area contributed by atoms with Crippen molar-refractivity contribution in [2.24, 2.45) is 0 Å². The predicted molar refractivity (Wildman–Crippen MR) is 115 cm³/mol.